The first kappa shape index (κ1) is 8.66. The van der Waals surface area contributed by atoms with Crippen LogP contribution < -0.4 is 0 Å². The third-order valence-corrected chi connectivity index (χ3v) is 1.02. The minimum Gasteiger partial charge on any atom is -0.391 e. The molecule has 2 nitrogen and oxygen atoms in total. The molecule has 0 spiro atoms. The van der Waals surface area contributed by atoms with E-state index in [0.717, 1.165) is 6.42 Å². The van der Waals surface area contributed by atoms with Crippen molar-refractivity contribution in [3.8, 4) is 0 Å². The van der Waals surface area contributed by atoms with Gasteiger partial charge in [0.25, 0.3) is 0 Å². The highest BCUT2D eigenvalue weighted by Gasteiger charge is 1.97. The second-order valence-corrected chi connectivity index (χ2v) is 1.89. The summed E-state index contributed by atoms with van der Waals surface area (Å²) in [5, 5.41) is 8.93. The molecule has 0 amide bonds. The summed E-state index contributed by atoms with van der Waals surface area (Å²) in [5.41, 5.74) is 0. The summed E-state index contributed by atoms with van der Waals surface area (Å²) in [6.07, 6.45) is 2.10. The second kappa shape index (κ2) is 5.79. The number of rotatable bonds is 5. The number of aliphatic hydroxyl groups is 1. The Kier molecular flexibility index (Phi) is 5.57. The van der Waals surface area contributed by atoms with Gasteiger partial charge in [-0.1, -0.05) is 13.0 Å². The smallest absolute Gasteiger partial charge is 0.0771 e. The summed E-state index contributed by atoms with van der Waals surface area (Å²) < 4.78 is 4.97. The van der Waals surface area contributed by atoms with Gasteiger partial charge in [0, 0.05) is 0 Å². The van der Waals surface area contributed by atoms with Crippen molar-refractivity contribution >= 4 is 0 Å². The molecule has 2 heteroatoms. The number of aliphatic hydroxyl groups excluding tert-OH is 1. The maximum atomic E-state index is 8.93. The summed E-state index contributed by atoms with van der Waals surface area (Å²) in [7, 11) is 0. The molecule has 0 radical (unpaired) electrons. The van der Waals surface area contributed by atoms with Crippen LogP contribution in [0.15, 0.2) is 12.7 Å². The lowest BCUT2D eigenvalue weighted by atomic mass is 10.3. The molecule has 0 aliphatic rings. The van der Waals surface area contributed by atoms with Gasteiger partial charge in [0.15, 0.2) is 0 Å². The normalized spacial score (nSPS) is 13.1. The third-order valence-electron chi connectivity index (χ3n) is 1.02. The summed E-state index contributed by atoms with van der Waals surface area (Å²) in [4.78, 5) is 0. The van der Waals surface area contributed by atoms with E-state index in [0.29, 0.717) is 13.2 Å². The van der Waals surface area contributed by atoms with Gasteiger partial charge < -0.3 is 9.84 Å². The van der Waals surface area contributed by atoms with Gasteiger partial charge in [-0.2, -0.15) is 0 Å². The van der Waals surface area contributed by atoms with E-state index < -0.39 is 0 Å². The van der Waals surface area contributed by atoms with Gasteiger partial charge in [-0.3, -0.25) is 0 Å². The molecule has 0 bridgehead atoms. The molecule has 0 aliphatic carbocycles. The van der Waals surface area contributed by atoms with E-state index in [2.05, 4.69) is 6.58 Å². The lowest BCUT2D eigenvalue weighted by Crippen LogP contribution is -2.13. The van der Waals surface area contributed by atoms with E-state index >= 15 is 0 Å². The molecule has 0 saturated carbocycles. The zero-order chi connectivity index (χ0) is 7.11. The highest BCUT2D eigenvalue weighted by molar-refractivity contribution is 4.64. The van der Waals surface area contributed by atoms with Crippen molar-refractivity contribution < 1.29 is 9.84 Å². The zero-order valence-corrected chi connectivity index (χ0v) is 5.84. The SMILES string of the molecule is C=CCOC[C@H](O)CC. The van der Waals surface area contributed by atoms with Gasteiger partial charge >= 0.3 is 0 Å². The summed E-state index contributed by atoms with van der Waals surface area (Å²) >= 11 is 0. The monoisotopic (exact) mass is 130 g/mol. The average molecular weight is 130 g/mol. The van der Waals surface area contributed by atoms with Crippen LogP contribution in [0.1, 0.15) is 13.3 Å². The standard InChI is InChI=1S/C7H14O2/c1-3-5-9-6-7(8)4-2/h3,7-8H,1,4-6H2,2H3/t7-/m1/s1. The van der Waals surface area contributed by atoms with Crippen molar-refractivity contribution in [2.45, 2.75) is 19.4 Å². The first-order valence-corrected chi connectivity index (χ1v) is 3.18. The Labute approximate surface area is 56.1 Å². The Balaban J connectivity index is 2.96. The molecule has 9 heavy (non-hydrogen) atoms. The maximum absolute atomic E-state index is 8.93. The van der Waals surface area contributed by atoms with Crippen molar-refractivity contribution in [3.05, 3.63) is 12.7 Å². The quantitative estimate of drug-likeness (QED) is 0.443. The van der Waals surface area contributed by atoms with E-state index in [1.165, 1.54) is 0 Å². The van der Waals surface area contributed by atoms with Crippen LogP contribution in [0.4, 0.5) is 0 Å². The fourth-order valence-corrected chi connectivity index (χ4v) is 0.405. The van der Waals surface area contributed by atoms with Gasteiger partial charge in [-0.25, -0.2) is 0 Å². The van der Waals surface area contributed by atoms with Crippen LogP contribution in [-0.2, 0) is 4.74 Å². The number of ether oxygens (including phenoxy) is 1. The molecule has 1 atom stereocenters. The molecule has 0 aromatic heterocycles. The van der Waals surface area contributed by atoms with E-state index in [9.17, 15) is 0 Å². The van der Waals surface area contributed by atoms with Crippen molar-refractivity contribution in [2.24, 2.45) is 0 Å². The summed E-state index contributed by atoms with van der Waals surface area (Å²) in [6, 6.07) is 0. The van der Waals surface area contributed by atoms with E-state index in [1.54, 1.807) is 6.08 Å². The van der Waals surface area contributed by atoms with Gasteiger partial charge in [0.1, 0.15) is 0 Å². The van der Waals surface area contributed by atoms with Crippen LogP contribution in [0.25, 0.3) is 0 Å². The Morgan fingerprint density at radius 2 is 2.44 bits per heavy atom. The largest absolute Gasteiger partial charge is 0.391 e. The molecular formula is C7H14O2. The fourth-order valence-electron chi connectivity index (χ4n) is 0.405. The molecule has 0 fully saturated rings. The van der Waals surface area contributed by atoms with Crippen molar-refractivity contribution in [2.75, 3.05) is 13.2 Å². The molecule has 0 rings (SSSR count). The van der Waals surface area contributed by atoms with E-state index in [1.807, 2.05) is 6.92 Å². The van der Waals surface area contributed by atoms with Gasteiger partial charge in [-0.05, 0) is 6.42 Å². The first-order chi connectivity index (χ1) is 4.31. The van der Waals surface area contributed by atoms with Crippen LogP contribution in [-0.4, -0.2) is 24.4 Å². The van der Waals surface area contributed by atoms with Crippen LogP contribution in [0.5, 0.6) is 0 Å². The minimum atomic E-state index is -0.315. The molecule has 0 aliphatic heterocycles. The fraction of sp³-hybridized carbons (Fsp3) is 0.714. The maximum Gasteiger partial charge on any atom is 0.0771 e. The molecule has 1 N–H and O–H groups in total. The lowest BCUT2D eigenvalue weighted by Gasteiger charge is -2.05. The van der Waals surface area contributed by atoms with Crippen molar-refractivity contribution in [1.29, 1.82) is 0 Å². The van der Waals surface area contributed by atoms with Crippen LogP contribution in [0, 0.1) is 0 Å². The molecule has 0 saturated heterocycles. The number of hydrogen-bond acceptors (Lipinski definition) is 2. The topological polar surface area (TPSA) is 29.5 Å². The van der Waals surface area contributed by atoms with Gasteiger partial charge in [0.2, 0.25) is 0 Å². The molecule has 0 aromatic rings. The first-order valence-electron chi connectivity index (χ1n) is 3.18. The molecule has 0 aromatic carbocycles. The van der Waals surface area contributed by atoms with Crippen LogP contribution >= 0.6 is 0 Å². The lowest BCUT2D eigenvalue weighted by molar-refractivity contribution is 0.0474. The summed E-state index contributed by atoms with van der Waals surface area (Å²) in [5.74, 6) is 0. The van der Waals surface area contributed by atoms with Crippen LogP contribution in [0.2, 0.25) is 0 Å². The van der Waals surface area contributed by atoms with E-state index in [4.69, 9.17) is 9.84 Å². The van der Waals surface area contributed by atoms with Crippen molar-refractivity contribution in [1.82, 2.24) is 0 Å². The highest BCUT2D eigenvalue weighted by Crippen LogP contribution is 1.89. The highest BCUT2D eigenvalue weighted by atomic mass is 16.5. The van der Waals surface area contributed by atoms with Gasteiger partial charge in [-0.15, -0.1) is 6.58 Å². The predicted octanol–water partition coefficient (Wildman–Crippen LogP) is 0.960. The molecule has 54 valence electrons. The van der Waals surface area contributed by atoms with Crippen LogP contribution in [0.3, 0.4) is 0 Å². The average Bonchev–Trinajstić information content (AvgIpc) is 1.89. The zero-order valence-electron chi connectivity index (χ0n) is 5.84. The number of hydrogen-bond donors (Lipinski definition) is 1. The molecule has 0 unspecified atom stereocenters. The molecule has 0 heterocycles. The molecular weight excluding hydrogens is 116 g/mol. The van der Waals surface area contributed by atoms with E-state index in [-0.39, 0.29) is 6.10 Å². The Hall–Kier alpha value is -0.340. The second-order valence-electron chi connectivity index (χ2n) is 1.89. The van der Waals surface area contributed by atoms with Crippen molar-refractivity contribution in [3.63, 3.8) is 0 Å². The Morgan fingerprint density at radius 1 is 1.78 bits per heavy atom. The van der Waals surface area contributed by atoms with Gasteiger partial charge in [0.05, 0.1) is 19.3 Å². The predicted molar refractivity (Wildman–Crippen MR) is 37.3 cm³/mol. The summed E-state index contributed by atoms with van der Waals surface area (Å²) in [6.45, 7) is 6.34. The Bertz CT molecular complexity index is 71.3. The third kappa shape index (κ3) is 5.53. The Morgan fingerprint density at radius 3 is 2.89 bits per heavy atom. The minimum absolute atomic E-state index is 0.315.